The van der Waals surface area contributed by atoms with Crippen LogP contribution in [0.3, 0.4) is 0 Å². The Labute approximate surface area is 186 Å². The largest absolute Gasteiger partial charge is 0.379 e. The molecule has 31 heavy (non-hydrogen) atoms. The second kappa shape index (κ2) is 10.9. The van der Waals surface area contributed by atoms with E-state index in [4.69, 9.17) is 4.74 Å². The number of hydrogen-bond acceptors (Lipinski definition) is 4. The summed E-state index contributed by atoms with van der Waals surface area (Å²) in [5.74, 6) is 0.768. The monoisotopic (exact) mass is 421 g/mol. The molecular weight excluding hydrogens is 386 g/mol. The van der Waals surface area contributed by atoms with E-state index in [-0.39, 0.29) is 5.91 Å². The van der Waals surface area contributed by atoms with Crippen LogP contribution in [0.4, 0.5) is 0 Å². The van der Waals surface area contributed by atoms with Crippen molar-refractivity contribution in [2.75, 3.05) is 39.4 Å². The Balaban J connectivity index is 1.27. The number of likely N-dealkylation sites (tertiary alicyclic amines) is 1. The summed E-state index contributed by atoms with van der Waals surface area (Å²) in [6, 6.07) is 16.6. The van der Waals surface area contributed by atoms with Crippen LogP contribution in [0, 0.1) is 5.92 Å². The Kier molecular flexibility index (Phi) is 7.73. The van der Waals surface area contributed by atoms with E-state index in [1.54, 1.807) is 0 Å². The fraction of sp³-hybridized carbons (Fsp3) is 0.500. The van der Waals surface area contributed by atoms with E-state index < -0.39 is 0 Å². The summed E-state index contributed by atoms with van der Waals surface area (Å²) in [6.07, 6.45) is 2.64. The zero-order valence-corrected chi connectivity index (χ0v) is 18.7. The van der Waals surface area contributed by atoms with Crippen molar-refractivity contribution in [1.82, 2.24) is 15.1 Å². The average Bonchev–Trinajstić information content (AvgIpc) is 2.79. The number of benzene rings is 2. The van der Waals surface area contributed by atoms with Gasteiger partial charge in [-0.2, -0.15) is 0 Å². The van der Waals surface area contributed by atoms with Crippen LogP contribution in [0.25, 0.3) is 0 Å². The third kappa shape index (κ3) is 6.63. The van der Waals surface area contributed by atoms with Crippen molar-refractivity contribution >= 4 is 5.91 Å². The molecule has 1 N–H and O–H groups in total. The maximum atomic E-state index is 12.6. The number of amides is 1. The molecule has 2 aliphatic rings. The quantitative estimate of drug-likeness (QED) is 0.741. The summed E-state index contributed by atoms with van der Waals surface area (Å²) >= 11 is 0. The topological polar surface area (TPSA) is 44.8 Å². The fourth-order valence-electron chi connectivity index (χ4n) is 4.59. The summed E-state index contributed by atoms with van der Waals surface area (Å²) in [6.45, 7) is 10.7. The molecule has 2 saturated heterocycles. The molecule has 1 unspecified atom stereocenters. The molecule has 2 heterocycles. The lowest BCUT2D eigenvalue weighted by Gasteiger charge is -2.30. The second-order valence-electron chi connectivity index (χ2n) is 9.07. The lowest BCUT2D eigenvalue weighted by Crippen LogP contribution is -2.35. The summed E-state index contributed by atoms with van der Waals surface area (Å²) in [5, 5.41) is 3.07. The van der Waals surface area contributed by atoms with Gasteiger partial charge in [0.05, 0.1) is 13.2 Å². The minimum atomic E-state index is -0.0202. The van der Waals surface area contributed by atoms with Gasteiger partial charge >= 0.3 is 0 Å². The Morgan fingerprint density at radius 1 is 0.968 bits per heavy atom. The number of nitrogens with one attached hydrogen (secondary N) is 1. The van der Waals surface area contributed by atoms with Crippen LogP contribution in [0.15, 0.2) is 48.5 Å². The van der Waals surface area contributed by atoms with E-state index in [9.17, 15) is 4.79 Å². The van der Waals surface area contributed by atoms with E-state index in [1.807, 2.05) is 12.1 Å². The number of carbonyl (C=O) groups excluding carboxylic acids is 1. The van der Waals surface area contributed by atoms with E-state index in [1.165, 1.54) is 37.1 Å². The van der Waals surface area contributed by atoms with Crippen molar-refractivity contribution in [3.63, 3.8) is 0 Å². The lowest BCUT2D eigenvalue weighted by atomic mass is 9.99. The Bertz CT molecular complexity index is 846. The molecule has 2 aromatic rings. The van der Waals surface area contributed by atoms with Crippen LogP contribution in [-0.4, -0.2) is 55.1 Å². The van der Waals surface area contributed by atoms with Gasteiger partial charge in [0.25, 0.3) is 5.91 Å². The van der Waals surface area contributed by atoms with Gasteiger partial charge in [-0.15, -0.1) is 0 Å². The summed E-state index contributed by atoms with van der Waals surface area (Å²) in [5.41, 5.74) is 4.43. The average molecular weight is 422 g/mol. The van der Waals surface area contributed by atoms with Gasteiger partial charge in [0.1, 0.15) is 0 Å². The highest BCUT2D eigenvalue weighted by Gasteiger charge is 2.16. The highest BCUT2D eigenvalue weighted by atomic mass is 16.5. The zero-order valence-electron chi connectivity index (χ0n) is 18.7. The molecule has 5 nitrogen and oxygen atoms in total. The van der Waals surface area contributed by atoms with Crippen LogP contribution in [-0.2, 0) is 24.4 Å². The van der Waals surface area contributed by atoms with Gasteiger partial charge < -0.3 is 10.1 Å². The number of nitrogens with zero attached hydrogens (tertiary/aromatic N) is 2. The molecule has 0 saturated carbocycles. The Hall–Kier alpha value is -2.21. The molecule has 0 aliphatic carbocycles. The molecule has 0 bridgehead atoms. The fourth-order valence-corrected chi connectivity index (χ4v) is 4.59. The van der Waals surface area contributed by atoms with Crippen LogP contribution in [0.5, 0.6) is 0 Å². The van der Waals surface area contributed by atoms with E-state index >= 15 is 0 Å². The molecule has 4 rings (SSSR count). The summed E-state index contributed by atoms with van der Waals surface area (Å²) in [7, 11) is 0. The molecule has 0 spiro atoms. The molecule has 0 radical (unpaired) electrons. The van der Waals surface area contributed by atoms with Crippen LogP contribution < -0.4 is 5.32 Å². The highest BCUT2D eigenvalue weighted by molar-refractivity contribution is 5.94. The number of carbonyl (C=O) groups is 1. The molecule has 2 aliphatic heterocycles. The first kappa shape index (κ1) is 22.0. The zero-order chi connectivity index (χ0) is 21.5. The maximum absolute atomic E-state index is 12.6. The first-order chi connectivity index (χ1) is 15.2. The molecular formula is C26H35N3O2. The van der Waals surface area contributed by atoms with E-state index in [0.29, 0.717) is 12.1 Å². The first-order valence-corrected chi connectivity index (χ1v) is 11.6. The van der Waals surface area contributed by atoms with Crippen molar-refractivity contribution in [2.24, 2.45) is 5.92 Å². The van der Waals surface area contributed by atoms with Crippen molar-refractivity contribution in [3.05, 3.63) is 70.8 Å². The summed E-state index contributed by atoms with van der Waals surface area (Å²) < 4.78 is 5.40. The number of piperidine rings is 1. The van der Waals surface area contributed by atoms with Crippen molar-refractivity contribution in [2.45, 2.75) is 39.4 Å². The third-order valence-corrected chi connectivity index (χ3v) is 6.32. The van der Waals surface area contributed by atoms with Gasteiger partial charge in [0, 0.05) is 44.8 Å². The minimum absolute atomic E-state index is 0.0202. The predicted octanol–water partition coefficient (Wildman–Crippen LogP) is 3.68. The van der Waals surface area contributed by atoms with Gasteiger partial charge in [-0.25, -0.2) is 0 Å². The van der Waals surface area contributed by atoms with E-state index in [2.05, 4.69) is 58.4 Å². The van der Waals surface area contributed by atoms with Crippen molar-refractivity contribution < 1.29 is 9.53 Å². The van der Waals surface area contributed by atoms with Gasteiger partial charge in [-0.05, 0) is 54.1 Å². The highest BCUT2D eigenvalue weighted by Crippen LogP contribution is 2.18. The number of rotatable bonds is 7. The van der Waals surface area contributed by atoms with Crippen LogP contribution >= 0.6 is 0 Å². The molecule has 2 aromatic carbocycles. The lowest BCUT2D eigenvalue weighted by molar-refractivity contribution is 0.0342. The standard InChI is InChI=1S/C26H35N3O2/c1-21-4-3-11-29(18-21)20-24-6-2-5-23(16-24)17-27-26(30)25-9-7-22(8-10-25)19-28-12-14-31-15-13-28/h2,5-10,16,21H,3-4,11-15,17-20H2,1H3,(H,27,30). The Morgan fingerprint density at radius 3 is 2.48 bits per heavy atom. The third-order valence-electron chi connectivity index (χ3n) is 6.32. The summed E-state index contributed by atoms with van der Waals surface area (Å²) in [4.78, 5) is 17.5. The van der Waals surface area contributed by atoms with Gasteiger partial charge in [0.15, 0.2) is 0 Å². The maximum Gasteiger partial charge on any atom is 0.251 e. The van der Waals surface area contributed by atoms with E-state index in [0.717, 1.165) is 50.9 Å². The molecule has 1 amide bonds. The molecule has 1 atom stereocenters. The number of ether oxygens (including phenoxy) is 1. The molecule has 0 aromatic heterocycles. The van der Waals surface area contributed by atoms with Gasteiger partial charge in [-0.1, -0.05) is 43.3 Å². The number of morpholine rings is 1. The smallest absolute Gasteiger partial charge is 0.251 e. The first-order valence-electron chi connectivity index (χ1n) is 11.6. The van der Waals surface area contributed by atoms with Crippen LogP contribution in [0.1, 0.15) is 46.8 Å². The molecule has 5 heteroatoms. The SMILES string of the molecule is CC1CCCN(Cc2cccc(CNC(=O)c3ccc(CN4CCOCC4)cc3)c2)C1. The molecule has 2 fully saturated rings. The normalized spacial score (nSPS) is 20.5. The molecule has 166 valence electrons. The van der Waals surface area contributed by atoms with Crippen molar-refractivity contribution in [1.29, 1.82) is 0 Å². The predicted molar refractivity (Wildman–Crippen MR) is 124 cm³/mol. The number of hydrogen-bond donors (Lipinski definition) is 1. The van der Waals surface area contributed by atoms with Gasteiger partial charge in [0.2, 0.25) is 0 Å². The van der Waals surface area contributed by atoms with Crippen molar-refractivity contribution in [3.8, 4) is 0 Å². The second-order valence-corrected chi connectivity index (χ2v) is 9.07. The van der Waals surface area contributed by atoms with Crippen LogP contribution in [0.2, 0.25) is 0 Å². The Morgan fingerprint density at radius 2 is 1.71 bits per heavy atom. The van der Waals surface area contributed by atoms with Gasteiger partial charge in [-0.3, -0.25) is 14.6 Å². The minimum Gasteiger partial charge on any atom is -0.379 e.